The predicted octanol–water partition coefficient (Wildman–Crippen LogP) is 3.33. The molecule has 0 bridgehead atoms. The third kappa shape index (κ3) is 7.16. The van der Waals surface area contributed by atoms with Gasteiger partial charge < -0.3 is 15.4 Å². The molecule has 0 spiro atoms. The molecule has 0 aromatic rings. The van der Waals surface area contributed by atoms with Crippen LogP contribution >= 0.6 is 0 Å². The number of nitrogens with zero attached hydrogens (tertiary/aromatic N) is 1. The van der Waals surface area contributed by atoms with Crippen molar-refractivity contribution in [3.05, 3.63) is 0 Å². The Bertz CT molecular complexity index is 286. The number of methoxy groups -OCH3 is 1. The van der Waals surface area contributed by atoms with Crippen LogP contribution in [0.5, 0.6) is 0 Å². The first-order chi connectivity index (χ1) is 10.3. The third-order valence-electron chi connectivity index (χ3n) is 4.68. The Balaban J connectivity index is 2.28. The maximum atomic E-state index is 5.29. The number of unbranched alkanes of at least 4 members (excludes halogenated alkanes) is 3. The summed E-state index contributed by atoms with van der Waals surface area (Å²) in [5.41, 5.74) is 0.413. The van der Waals surface area contributed by atoms with Gasteiger partial charge in [0.1, 0.15) is 0 Å². The highest BCUT2D eigenvalue weighted by Crippen LogP contribution is 2.40. The van der Waals surface area contributed by atoms with Crippen LogP contribution in [0.25, 0.3) is 0 Å². The van der Waals surface area contributed by atoms with Gasteiger partial charge in [0.05, 0.1) is 0 Å². The monoisotopic (exact) mass is 297 g/mol. The lowest BCUT2D eigenvalue weighted by molar-refractivity contribution is 0.138. The van der Waals surface area contributed by atoms with E-state index in [4.69, 9.17) is 4.74 Å². The molecule has 1 rings (SSSR count). The van der Waals surface area contributed by atoms with E-state index in [-0.39, 0.29) is 0 Å². The number of aliphatic imine (C=N–C) groups is 1. The van der Waals surface area contributed by atoms with Crippen molar-refractivity contribution < 1.29 is 4.74 Å². The van der Waals surface area contributed by atoms with Gasteiger partial charge in [0.2, 0.25) is 0 Å². The smallest absolute Gasteiger partial charge is 0.190 e. The summed E-state index contributed by atoms with van der Waals surface area (Å²) in [7, 11) is 3.66. The molecule has 1 aliphatic rings. The number of hydrogen-bond donors (Lipinski definition) is 2. The van der Waals surface area contributed by atoms with Gasteiger partial charge in [0.15, 0.2) is 5.96 Å². The molecule has 2 N–H and O–H groups in total. The lowest BCUT2D eigenvalue weighted by atomic mass is 9.83. The van der Waals surface area contributed by atoms with Crippen LogP contribution in [0, 0.1) is 5.41 Å². The molecule has 21 heavy (non-hydrogen) atoms. The van der Waals surface area contributed by atoms with E-state index >= 15 is 0 Å². The first kappa shape index (κ1) is 18.3. The minimum atomic E-state index is 0.413. The predicted molar refractivity (Wildman–Crippen MR) is 90.9 cm³/mol. The van der Waals surface area contributed by atoms with E-state index in [9.17, 15) is 0 Å². The minimum Gasteiger partial charge on any atom is -0.385 e. The molecule has 1 saturated carbocycles. The van der Waals surface area contributed by atoms with Crippen molar-refractivity contribution in [2.45, 2.75) is 64.7 Å². The first-order valence-electron chi connectivity index (χ1n) is 8.70. The molecule has 0 unspecified atom stereocenters. The lowest BCUT2D eigenvalue weighted by Crippen LogP contribution is -2.43. The highest BCUT2D eigenvalue weighted by Gasteiger charge is 2.33. The summed E-state index contributed by atoms with van der Waals surface area (Å²) < 4.78 is 5.29. The van der Waals surface area contributed by atoms with Crippen molar-refractivity contribution in [3.8, 4) is 0 Å². The van der Waals surface area contributed by atoms with Gasteiger partial charge in [0.25, 0.3) is 0 Å². The third-order valence-corrected chi connectivity index (χ3v) is 4.68. The molecule has 0 aromatic carbocycles. The average molecular weight is 297 g/mol. The lowest BCUT2D eigenvalue weighted by Gasteiger charge is -2.30. The van der Waals surface area contributed by atoms with Crippen molar-refractivity contribution >= 4 is 5.96 Å². The maximum absolute atomic E-state index is 5.29. The van der Waals surface area contributed by atoms with Crippen molar-refractivity contribution in [1.82, 2.24) is 10.6 Å². The molecule has 0 aromatic heterocycles. The first-order valence-corrected chi connectivity index (χ1v) is 8.70. The largest absolute Gasteiger partial charge is 0.385 e. The van der Waals surface area contributed by atoms with Crippen LogP contribution < -0.4 is 10.6 Å². The van der Waals surface area contributed by atoms with E-state index in [2.05, 4.69) is 22.5 Å². The van der Waals surface area contributed by atoms with Crippen LogP contribution in [0.4, 0.5) is 0 Å². The molecule has 4 heteroatoms. The highest BCUT2D eigenvalue weighted by molar-refractivity contribution is 5.79. The number of hydrogen-bond acceptors (Lipinski definition) is 2. The van der Waals surface area contributed by atoms with Crippen molar-refractivity contribution in [2.75, 3.05) is 33.9 Å². The maximum Gasteiger partial charge on any atom is 0.190 e. The standard InChI is InChI=1S/C17H35N3O/c1-4-5-6-9-13-19-16(18-2)20-15-17(12-14-21-3)10-7-8-11-17/h4-15H2,1-3H3,(H2,18,19,20). The Morgan fingerprint density at radius 3 is 2.52 bits per heavy atom. The van der Waals surface area contributed by atoms with Crippen LogP contribution in [0.2, 0.25) is 0 Å². The summed E-state index contributed by atoms with van der Waals surface area (Å²) in [4.78, 5) is 4.34. The Labute approximate surface area is 131 Å². The van der Waals surface area contributed by atoms with Crippen molar-refractivity contribution in [2.24, 2.45) is 10.4 Å². The number of ether oxygens (including phenoxy) is 1. The Morgan fingerprint density at radius 1 is 1.14 bits per heavy atom. The van der Waals surface area contributed by atoms with Gasteiger partial charge in [-0.1, -0.05) is 39.0 Å². The Kier molecular flexibility index (Phi) is 9.48. The van der Waals surface area contributed by atoms with E-state index in [0.717, 1.165) is 32.1 Å². The molecule has 0 saturated heterocycles. The van der Waals surface area contributed by atoms with Crippen molar-refractivity contribution in [3.63, 3.8) is 0 Å². The molecule has 1 fully saturated rings. The fraction of sp³-hybridized carbons (Fsp3) is 0.941. The molecule has 0 heterocycles. The molecule has 1 aliphatic carbocycles. The zero-order valence-corrected chi connectivity index (χ0v) is 14.3. The van der Waals surface area contributed by atoms with Crippen LogP contribution in [0.3, 0.4) is 0 Å². The molecule has 4 nitrogen and oxygen atoms in total. The van der Waals surface area contributed by atoms with Gasteiger partial charge in [0, 0.05) is 33.9 Å². The molecular formula is C17H35N3O. The summed E-state index contributed by atoms with van der Waals surface area (Å²) in [6, 6.07) is 0. The van der Waals surface area contributed by atoms with Gasteiger partial charge in [-0.2, -0.15) is 0 Å². The van der Waals surface area contributed by atoms with Crippen molar-refractivity contribution in [1.29, 1.82) is 0 Å². The van der Waals surface area contributed by atoms with E-state index in [1.807, 2.05) is 7.05 Å². The summed E-state index contributed by atoms with van der Waals surface area (Å²) in [5, 5.41) is 6.97. The topological polar surface area (TPSA) is 45.7 Å². The highest BCUT2D eigenvalue weighted by atomic mass is 16.5. The van der Waals surface area contributed by atoms with E-state index < -0.39 is 0 Å². The number of rotatable bonds is 10. The SMILES string of the molecule is CCCCCCNC(=NC)NCC1(CCOC)CCCC1. The van der Waals surface area contributed by atoms with E-state index in [0.29, 0.717) is 5.41 Å². The zero-order chi connectivity index (χ0) is 15.4. The number of nitrogens with one attached hydrogen (secondary N) is 2. The average Bonchev–Trinajstić information content (AvgIpc) is 2.97. The summed E-state index contributed by atoms with van der Waals surface area (Å²) >= 11 is 0. The molecular weight excluding hydrogens is 262 g/mol. The van der Waals surface area contributed by atoms with Crippen LogP contribution in [0.1, 0.15) is 64.7 Å². The van der Waals surface area contributed by atoms with Crippen LogP contribution in [0.15, 0.2) is 4.99 Å². The van der Waals surface area contributed by atoms with Gasteiger partial charge in [-0.15, -0.1) is 0 Å². The summed E-state index contributed by atoms with van der Waals surface area (Å²) in [5.74, 6) is 0.954. The molecule has 124 valence electrons. The fourth-order valence-electron chi connectivity index (χ4n) is 3.21. The normalized spacial score (nSPS) is 18.0. The van der Waals surface area contributed by atoms with E-state index in [1.165, 1.54) is 51.4 Å². The van der Waals surface area contributed by atoms with Crippen LogP contribution in [-0.4, -0.2) is 39.8 Å². The second kappa shape index (κ2) is 10.9. The molecule has 0 amide bonds. The summed E-state index contributed by atoms with van der Waals surface area (Å²) in [6.07, 6.45) is 11.6. The minimum absolute atomic E-state index is 0.413. The quantitative estimate of drug-likeness (QED) is 0.369. The molecule has 0 atom stereocenters. The molecule has 0 radical (unpaired) electrons. The molecule has 0 aliphatic heterocycles. The second-order valence-corrected chi connectivity index (χ2v) is 6.36. The second-order valence-electron chi connectivity index (χ2n) is 6.36. The Morgan fingerprint density at radius 2 is 1.90 bits per heavy atom. The van der Waals surface area contributed by atoms with Gasteiger partial charge >= 0.3 is 0 Å². The fourth-order valence-corrected chi connectivity index (χ4v) is 3.21. The van der Waals surface area contributed by atoms with E-state index in [1.54, 1.807) is 7.11 Å². The number of guanidine groups is 1. The van der Waals surface area contributed by atoms with Crippen LogP contribution in [-0.2, 0) is 4.74 Å². The van der Waals surface area contributed by atoms with Gasteiger partial charge in [-0.3, -0.25) is 4.99 Å². The zero-order valence-electron chi connectivity index (χ0n) is 14.3. The van der Waals surface area contributed by atoms with Gasteiger partial charge in [-0.05, 0) is 31.1 Å². The van der Waals surface area contributed by atoms with Gasteiger partial charge in [-0.25, -0.2) is 0 Å². The summed E-state index contributed by atoms with van der Waals surface area (Å²) in [6.45, 7) is 5.15. The Hall–Kier alpha value is -0.770.